The van der Waals surface area contributed by atoms with Gasteiger partial charge in [0.25, 0.3) is 0 Å². The minimum absolute atomic E-state index is 0.0611. The fraction of sp³-hybridized carbons (Fsp3) is 0.600. The van der Waals surface area contributed by atoms with Crippen LogP contribution < -0.4 is 4.74 Å². The van der Waals surface area contributed by atoms with Crippen molar-refractivity contribution >= 4 is 0 Å². The second-order valence-corrected chi connectivity index (χ2v) is 5.54. The van der Waals surface area contributed by atoms with E-state index in [1.165, 1.54) is 12.5 Å². The summed E-state index contributed by atoms with van der Waals surface area (Å²) in [7, 11) is 0. The number of aliphatic hydroxyl groups excluding tert-OH is 1. The fourth-order valence-electron chi connectivity index (χ4n) is 2.95. The molecule has 0 radical (unpaired) electrons. The molecule has 1 fully saturated rings. The van der Waals surface area contributed by atoms with Gasteiger partial charge in [-0.3, -0.25) is 0 Å². The Hall–Kier alpha value is -1.09. The van der Waals surface area contributed by atoms with Gasteiger partial charge in [0.2, 0.25) is 0 Å². The first kappa shape index (κ1) is 13.3. The Balaban J connectivity index is 2.13. The molecule has 1 saturated carbocycles. The third-order valence-corrected chi connectivity index (χ3v) is 3.64. The summed E-state index contributed by atoms with van der Waals surface area (Å²) in [5.74, 6) is 1.07. The van der Waals surface area contributed by atoms with Crippen molar-refractivity contribution in [3.8, 4) is 5.75 Å². The lowest BCUT2D eigenvalue weighted by Gasteiger charge is -2.32. The Kier molecular flexibility index (Phi) is 4.23. The van der Waals surface area contributed by atoms with E-state index in [9.17, 15) is 9.50 Å². The van der Waals surface area contributed by atoms with E-state index in [1.807, 2.05) is 0 Å². The third kappa shape index (κ3) is 3.02. The number of hydrogen-bond acceptors (Lipinski definition) is 2. The Bertz CT molecular complexity index is 395. The predicted molar refractivity (Wildman–Crippen MR) is 68.9 cm³/mol. The first-order valence-corrected chi connectivity index (χ1v) is 6.65. The van der Waals surface area contributed by atoms with Crippen LogP contribution in [0.4, 0.5) is 4.39 Å². The van der Waals surface area contributed by atoms with Gasteiger partial charge in [0.05, 0.1) is 12.7 Å². The van der Waals surface area contributed by atoms with Crippen LogP contribution in [0.1, 0.15) is 38.7 Å². The van der Waals surface area contributed by atoms with Gasteiger partial charge in [-0.1, -0.05) is 26.0 Å². The van der Waals surface area contributed by atoms with E-state index >= 15 is 0 Å². The third-order valence-electron chi connectivity index (χ3n) is 3.64. The number of halogens is 1. The minimum Gasteiger partial charge on any atom is -0.487 e. The Morgan fingerprint density at radius 1 is 1.22 bits per heavy atom. The standard InChI is InChI=1S/C15H21FO2/c1-10-6-11(2)8-13(7-10)18-15-12(9-17)4-3-5-14(15)16/h3-5,10-11,13,17H,6-9H2,1-2H3. The van der Waals surface area contributed by atoms with Crippen molar-refractivity contribution in [1.82, 2.24) is 0 Å². The molecule has 2 atom stereocenters. The summed E-state index contributed by atoms with van der Waals surface area (Å²) < 4.78 is 19.6. The van der Waals surface area contributed by atoms with Crippen molar-refractivity contribution < 1.29 is 14.2 Å². The number of aliphatic hydroxyl groups is 1. The normalized spacial score (nSPS) is 28.1. The molecule has 0 spiro atoms. The van der Waals surface area contributed by atoms with Crippen LogP contribution in [0.25, 0.3) is 0 Å². The van der Waals surface area contributed by atoms with Gasteiger partial charge in [0, 0.05) is 5.56 Å². The van der Waals surface area contributed by atoms with Gasteiger partial charge in [-0.15, -0.1) is 0 Å². The highest BCUT2D eigenvalue weighted by Gasteiger charge is 2.26. The molecule has 0 aliphatic heterocycles. The molecule has 1 N–H and O–H groups in total. The SMILES string of the molecule is CC1CC(C)CC(Oc2c(F)cccc2CO)C1. The summed E-state index contributed by atoms with van der Waals surface area (Å²) in [6.07, 6.45) is 3.20. The highest BCUT2D eigenvalue weighted by Crippen LogP contribution is 2.33. The van der Waals surface area contributed by atoms with Crippen LogP contribution in [-0.4, -0.2) is 11.2 Å². The Morgan fingerprint density at radius 2 is 1.89 bits per heavy atom. The summed E-state index contributed by atoms with van der Waals surface area (Å²) >= 11 is 0. The zero-order chi connectivity index (χ0) is 13.1. The van der Waals surface area contributed by atoms with Crippen molar-refractivity contribution in [2.75, 3.05) is 0 Å². The highest BCUT2D eigenvalue weighted by molar-refractivity contribution is 5.34. The number of para-hydroxylation sites is 1. The van der Waals surface area contributed by atoms with Crippen molar-refractivity contribution in [2.24, 2.45) is 11.8 Å². The van der Waals surface area contributed by atoms with Crippen molar-refractivity contribution in [3.05, 3.63) is 29.6 Å². The van der Waals surface area contributed by atoms with Crippen LogP contribution >= 0.6 is 0 Å². The van der Waals surface area contributed by atoms with Crippen molar-refractivity contribution in [2.45, 2.75) is 45.8 Å². The largest absolute Gasteiger partial charge is 0.487 e. The molecule has 1 aromatic rings. The van der Waals surface area contributed by atoms with E-state index in [0.29, 0.717) is 17.4 Å². The molecule has 0 aromatic heterocycles. The monoisotopic (exact) mass is 252 g/mol. The van der Waals surface area contributed by atoms with Gasteiger partial charge in [-0.2, -0.15) is 0 Å². The summed E-state index contributed by atoms with van der Waals surface area (Å²) in [5.41, 5.74) is 0.529. The minimum atomic E-state index is -0.382. The molecule has 3 heteroatoms. The van der Waals surface area contributed by atoms with E-state index in [1.54, 1.807) is 12.1 Å². The zero-order valence-corrected chi connectivity index (χ0v) is 11.0. The first-order valence-electron chi connectivity index (χ1n) is 6.65. The predicted octanol–water partition coefficient (Wildman–Crippen LogP) is 3.52. The number of ether oxygens (including phenoxy) is 1. The quantitative estimate of drug-likeness (QED) is 0.891. The summed E-state index contributed by atoms with van der Waals surface area (Å²) in [4.78, 5) is 0. The fourth-order valence-corrected chi connectivity index (χ4v) is 2.95. The van der Waals surface area contributed by atoms with Crippen LogP contribution in [0.15, 0.2) is 18.2 Å². The van der Waals surface area contributed by atoms with Crippen LogP contribution in [0, 0.1) is 17.7 Å². The van der Waals surface area contributed by atoms with Gasteiger partial charge in [0.15, 0.2) is 11.6 Å². The second kappa shape index (κ2) is 5.70. The number of benzene rings is 1. The number of rotatable bonds is 3. The molecule has 2 unspecified atom stereocenters. The molecule has 2 nitrogen and oxygen atoms in total. The van der Waals surface area contributed by atoms with Gasteiger partial charge < -0.3 is 9.84 Å². The summed E-state index contributed by atoms with van der Waals surface area (Å²) in [6, 6.07) is 4.68. The van der Waals surface area contributed by atoms with Crippen molar-refractivity contribution in [3.63, 3.8) is 0 Å². The zero-order valence-electron chi connectivity index (χ0n) is 11.0. The van der Waals surface area contributed by atoms with Crippen molar-refractivity contribution in [1.29, 1.82) is 0 Å². The Labute approximate surface area is 108 Å². The first-order chi connectivity index (χ1) is 8.60. The molecule has 0 bridgehead atoms. The molecular weight excluding hydrogens is 231 g/mol. The van der Waals surface area contributed by atoms with Crippen LogP contribution in [-0.2, 0) is 6.61 Å². The van der Waals surface area contributed by atoms with Gasteiger partial charge in [-0.25, -0.2) is 4.39 Å². The topological polar surface area (TPSA) is 29.5 Å². The van der Waals surface area contributed by atoms with E-state index in [2.05, 4.69) is 13.8 Å². The maximum atomic E-state index is 13.8. The maximum absolute atomic E-state index is 13.8. The van der Waals surface area contributed by atoms with E-state index in [-0.39, 0.29) is 24.3 Å². The molecule has 0 amide bonds. The van der Waals surface area contributed by atoms with E-state index < -0.39 is 0 Å². The molecule has 18 heavy (non-hydrogen) atoms. The summed E-state index contributed by atoms with van der Waals surface area (Å²) in [6.45, 7) is 4.23. The van der Waals surface area contributed by atoms with Gasteiger partial charge in [-0.05, 0) is 37.2 Å². The molecule has 0 heterocycles. The van der Waals surface area contributed by atoms with Gasteiger partial charge >= 0.3 is 0 Å². The molecule has 0 saturated heterocycles. The molecule has 100 valence electrons. The molecule has 1 aromatic carbocycles. The molecule has 1 aliphatic rings. The molecule has 2 rings (SSSR count). The number of hydrogen-bond donors (Lipinski definition) is 1. The van der Waals surface area contributed by atoms with Gasteiger partial charge in [0.1, 0.15) is 0 Å². The van der Waals surface area contributed by atoms with Crippen LogP contribution in [0.3, 0.4) is 0 Å². The van der Waals surface area contributed by atoms with E-state index in [0.717, 1.165) is 12.8 Å². The Morgan fingerprint density at radius 3 is 2.50 bits per heavy atom. The average molecular weight is 252 g/mol. The average Bonchev–Trinajstić information content (AvgIpc) is 2.30. The molecular formula is C15H21FO2. The molecule has 1 aliphatic carbocycles. The summed E-state index contributed by atoms with van der Waals surface area (Å²) in [5, 5.41) is 9.23. The highest BCUT2D eigenvalue weighted by atomic mass is 19.1. The van der Waals surface area contributed by atoms with E-state index in [4.69, 9.17) is 4.74 Å². The lowest BCUT2D eigenvalue weighted by molar-refractivity contribution is 0.0943. The lowest BCUT2D eigenvalue weighted by atomic mass is 9.82. The maximum Gasteiger partial charge on any atom is 0.165 e. The smallest absolute Gasteiger partial charge is 0.165 e. The lowest BCUT2D eigenvalue weighted by Crippen LogP contribution is -2.29. The second-order valence-electron chi connectivity index (χ2n) is 5.54. The van der Waals surface area contributed by atoms with Crippen LogP contribution in [0.2, 0.25) is 0 Å². The van der Waals surface area contributed by atoms with Crippen LogP contribution in [0.5, 0.6) is 5.75 Å².